The van der Waals surface area contributed by atoms with E-state index in [9.17, 15) is 14.4 Å². The second kappa shape index (κ2) is 12.3. The zero-order valence-electron chi connectivity index (χ0n) is 19.3. The lowest BCUT2D eigenvalue weighted by Crippen LogP contribution is -2.33. The predicted molar refractivity (Wildman–Crippen MR) is 123 cm³/mol. The number of ether oxygens (including phenoxy) is 4. The molecule has 0 saturated carbocycles. The molecule has 8 nitrogen and oxygen atoms in total. The molecule has 0 bridgehead atoms. The highest BCUT2D eigenvalue weighted by molar-refractivity contribution is 5.88. The molecule has 2 aromatic carbocycles. The molecule has 176 valence electrons. The van der Waals surface area contributed by atoms with E-state index in [0.29, 0.717) is 12.2 Å². The van der Waals surface area contributed by atoms with Gasteiger partial charge in [0.15, 0.2) is 0 Å². The van der Waals surface area contributed by atoms with Gasteiger partial charge in [0.05, 0.1) is 19.1 Å². The Balaban J connectivity index is 1.74. The molecule has 0 aliphatic rings. The molecule has 0 aliphatic carbocycles. The Labute approximate surface area is 193 Å². The van der Waals surface area contributed by atoms with Crippen LogP contribution >= 0.6 is 0 Å². The van der Waals surface area contributed by atoms with Crippen LogP contribution in [0.3, 0.4) is 0 Å². The van der Waals surface area contributed by atoms with E-state index < -0.39 is 17.5 Å². The minimum absolute atomic E-state index is 0.0519. The van der Waals surface area contributed by atoms with E-state index in [1.807, 2.05) is 19.1 Å². The molecule has 1 N–H and O–H groups in total. The van der Waals surface area contributed by atoms with Gasteiger partial charge in [0.25, 0.3) is 0 Å². The molecule has 2 rings (SSSR count). The Hall–Kier alpha value is -3.81. The fourth-order valence-corrected chi connectivity index (χ4v) is 2.38. The number of rotatable bonds is 10. The van der Waals surface area contributed by atoms with E-state index in [-0.39, 0.29) is 24.9 Å². The van der Waals surface area contributed by atoms with Crippen molar-refractivity contribution in [2.45, 2.75) is 27.2 Å². The summed E-state index contributed by atoms with van der Waals surface area (Å²) in [4.78, 5) is 35.7. The molecule has 33 heavy (non-hydrogen) atoms. The largest absolute Gasteiger partial charge is 0.497 e. The van der Waals surface area contributed by atoms with Gasteiger partial charge in [0.1, 0.15) is 23.9 Å². The van der Waals surface area contributed by atoms with Crippen LogP contribution in [0.5, 0.6) is 17.2 Å². The van der Waals surface area contributed by atoms with Gasteiger partial charge in [-0.25, -0.2) is 9.59 Å². The first-order valence-electron chi connectivity index (χ1n) is 10.5. The number of carbonyl (C=O) groups is 3. The number of amides is 1. The lowest BCUT2D eigenvalue weighted by atomic mass is 9.91. The smallest absolute Gasteiger partial charge is 0.412 e. The highest BCUT2D eigenvalue weighted by Gasteiger charge is 2.26. The normalized spacial score (nSPS) is 11.0. The molecule has 0 aliphatic heterocycles. The van der Waals surface area contributed by atoms with Crippen LogP contribution in [-0.2, 0) is 14.3 Å². The Morgan fingerprint density at radius 2 is 1.48 bits per heavy atom. The Morgan fingerprint density at radius 3 is 2.06 bits per heavy atom. The molecule has 0 heterocycles. The third-order valence-electron chi connectivity index (χ3n) is 4.82. The van der Waals surface area contributed by atoms with Crippen molar-refractivity contribution in [1.82, 2.24) is 5.32 Å². The molecular formula is C25H29NO7. The van der Waals surface area contributed by atoms with Crippen molar-refractivity contribution >= 4 is 24.1 Å². The average molecular weight is 456 g/mol. The molecule has 2 aromatic rings. The summed E-state index contributed by atoms with van der Waals surface area (Å²) in [5.41, 5.74) is 0.267. The van der Waals surface area contributed by atoms with Crippen molar-refractivity contribution in [3.63, 3.8) is 0 Å². The monoisotopic (exact) mass is 455 g/mol. The van der Waals surface area contributed by atoms with E-state index in [2.05, 4.69) is 5.32 Å². The zero-order valence-corrected chi connectivity index (χ0v) is 19.3. The number of esters is 2. The van der Waals surface area contributed by atoms with Crippen LogP contribution in [-0.4, -0.2) is 38.3 Å². The second-order valence-electron chi connectivity index (χ2n) is 7.69. The highest BCUT2D eigenvalue weighted by atomic mass is 16.6. The van der Waals surface area contributed by atoms with E-state index >= 15 is 0 Å². The number of hydrogen-bond acceptors (Lipinski definition) is 7. The van der Waals surface area contributed by atoms with Crippen LogP contribution in [0.25, 0.3) is 6.08 Å². The molecule has 1 amide bonds. The number of hydrogen-bond donors (Lipinski definition) is 1. The van der Waals surface area contributed by atoms with Gasteiger partial charge in [-0.2, -0.15) is 0 Å². The highest BCUT2D eigenvalue weighted by Crippen LogP contribution is 2.21. The van der Waals surface area contributed by atoms with Crippen molar-refractivity contribution in [3.8, 4) is 17.2 Å². The van der Waals surface area contributed by atoms with Gasteiger partial charge in [0.2, 0.25) is 0 Å². The van der Waals surface area contributed by atoms with E-state index in [1.165, 1.54) is 30.3 Å². The van der Waals surface area contributed by atoms with Crippen LogP contribution in [0.4, 0.5) is 4.79 Å². The van der Waals surface area contributed by atoms with Crippen molar-refractivity contribution in [1.29, 1.82) is 0 Å². The third kappa shape index (κ3) is 8.68. The van der Waals surface area contributed by atoms with Gasteiger partial charge in [-0.3, -0.25) is 4.79 Å². The summed E-state index contributed by atoms with van der Waals surface area (Å²) in [6, 6.07) is 13.2. The van der Waals surface area contributed by atoms with Crippen molar-refractivity contribution < 1.29 is 33.3 Å². The topological polar surface area (TPSA) is 100 Å². The molecule has 0 fully saturated rings. The molecular weight excluding hydrogens is 426 g/mol. The third-order valence-corrected chi connectivity index (χ3v) is 4.82. The number of nitrogens with one attached hydrogen (secondary N) is 1. The molecule has 0 radical (unpaired) electrons. The van der Waals surface area contributed by atoms with E-state index in [0.717, 1.165) is 11.3 Å². The van der Waals surface area contributed by atoms with E-state index in [1.54, 1.807) is 39.2 Å². The van der Waals surface area contributed by atoms with Crippen molar-refractivity contribution in [2.24, 2.45) is 5.41 Å². The number of methoxy groups -OCH3 is 1. The van der Waals surface area contributed by atoms with Gasteiger partial charge < -0.3 is 24.3 Å². The van der Waals surface area contributed by atoms with Crippen molar-refractivity contribution in [2.75, 3.05) is 20.3 Å². The molecule has 0 saturated heterocycles. The molecule has 8 heteroatoms. The molecule has 0 atom stereocenters. The SMILES string of the molecule is CCC(C)(C)C(=O)OCCNC(=O)Oc1ccc(OC(=O)/C=C/c2ccc(OC)cc2)cc1. The summed E-state index contributed by atoms with van der Waals surface area (Å²) in [6.07, 6.45) is 2.91. The average Bonchev–Trinajstić information content (AvgIpc) is 2.82. The fraction of sp³-hybridized carbons (Fsp3) is 0.320. The molecule has 0 unspecified atom stereocenters. The fourth-order valence-electron chi connectivity index (χ4n) is 2.38. The van der Waals surface area contributed by atoms with Crippen LogP contribution in [0.15, 0.2) is 54.6 Å². The summed E-state index contributed by atoms with van der Waals surface area (Å²) in [7, 11) is 1.58. The van der Waals surface area contributed by atoms with Gasteiger partial charge in [-0.15, -0.1) is 0 Å². The summed E-state index contributed by atoms with van der Waals surface area (Å²) in [5, 5.41) is 2.50. The lowest BCUT2D eigenvalue weighted by molar-refractivity contribution is -0.153. The standard InChI is InChI=1S/C25H29NO7/c1-5-25(2,3)23(28)31-17-16-26-24(29)33-21-13-11-20(12-14-21)32-22(27)15-8-18-6-9-19(30-4)10-7-18/h6-15H,5,16-17H2,1-4H3,(H,26,29)/b15-8+. The number of carbonyl (C=O) groups excluding carboxylic acids is 3. The van der Waals surface area contributed by atoms with Crippen LogP contribution in [0.1, 0.15) is 32.8 Å². The molecule has 0 spiro atoms. The van der Waals surface area contributed by atoms with Crippen LogP contribution < -0.4 is 19.5 Å². The van der Waals surface area contributed by atoms with Gasteiger partial charge in [0, 0.05) is 6.08 Å². The number of benzene rings is 2. The first kappa shape index (κ1) is 25.5. The zero-order chi connectivity index (χ0) is 24.3. The quantitative estimate of drug-likeness (QED) is 0.246. The maximum absolute atomic E-state index is 12.0. The maximum Gasteiger partial charge on any atom is 0.412 e. The van der Waals surface area contributed by atoms with Gasteiger partial charge in [-0.05, 0) is 68.3 Å². The summed E-state index contributed by atoms with van der Waals surface area (Å²) in [5.74, 6) is 0.440. The van der Waals surface area contributed by atoms with Gasteiger partial charge >= 0.3 is 18.0 Å². The Morgan fingerprint density at radius 1 is 0.909 bits per heavy atom. The molecule has 0 aromatic heterocycles. The van der Waals surface area contributed by atoms with Crippen LogP contribution in [0, 0.1) is 5.41 Å². The minimum atomic E-state index is -0.687. The summed E-state index contributed by atoms with van der Waals surface area (Å²) < 4.78 is 20.6. The first-order chi connectivity index (χ1) is 15.7. The minimum Gasteiger partial charge on any atom is -0.497 e. The van der Waals surface area contributed by atoms with Crippen molar-refractivity contribution in [3.05, 3.63) is 60.2 Å². The predicted octanol–water partition coefficient (Wildman–Crippen LogP) is 4.38. The second-order valence-corrected chi connectivity index (χ2v) is 7.69. The first-order valence-corrected chi connectivity index (χ1v) is 10.5. The van der Waals surface area contributed by atoms with Crippen LogP contribution in [0.2, 0.25) is 0 Å². The van der Waals surface area contributed by atoms with Gasteiger partial charge in [-0.1, -0.05) is 19.1 Å². The summed E-state index contributed by atoms with van der Waals surface area (Å²) >= 11 is 0. The van der Waals surface area contributed by atoms with E-state index in [4.69, 9.17) is 18.9 Å². The Bertz CT molecular complexity index is 963. The summed E-state index contributed by atoms with van der Waals surface area (Å²) in [6.45, 7) is 5.68. The maximum atomic E-state index is 12.0. The lowest BCUT2D eigenvalue weighted by Gasteiger charge is -2.20. The Kier molecular flexibility index (Phi) is 9.47.